The van der Waals surface area contributed by atoms with Gasteiger partial charge in [-0.05, 0) is 37.8 Å². The van der Waals surface area contributed by atoms with Crippen molar-refractivity contribution in [2.24, 2.45) is 11.8 Å². The quantitative estimate of drug-likeness (QED) is 0.775. The number of ether oxygens (including phenoxy) is 2. The van der Waals surface area contributed by atoms with Gasteiger partial charge in [-0.25, -0.2) is 4.68 Å². The summed E-state index contributed by atoms with van der Waals surface area (Å²) < 4.78 is 12.5. The Bertz CT molecular complexity index is 935. The molecule has 0 radical (unpaired) electrons. The fourth-order valence-corrected chi connectivity index (χ4v) is 3.67. The number of hydrogen-bond acceptors (Lipinski definition) is 5. The number of rotatable bonds is 7. The Morgan fingerprint density at radius 2 is 2.07 bits per heavy atom. The summed E-state index contributed by atoms with van der Waals surface area (Å²) in [4.78, 5) is 27.2. The summed E-state index contributed by atoms with van der Waals surface area (Å²) in [7, 11) is 3.12. The van der Waals surface area contributed by atoms with Crippen LogP contribution in [0.15, 0.2) is 24.4 Å². The van der Waals surface area contributed by atoms with Crippen molar-refractivity contribution < 1.29 is 19.1 Å². The van der Waals surface area contributed by atoms with Crippen LogP contribution in [0.5, 0.6) is 11.5 Å². The number of amides is 2. The lowest BCUT2D eigenvalue weighted by Crippen LogP contribution is -2.29. The van der Waals surface area contributed by atoms with Crippen LogP contribution in [0, 0.1) is 18.8 Å². The van der Waals surface area contributed by atoms with E-state index in [-0.39, 0.29) is 18.2 Å². The first-order valence-electron chi connectivity index (χ1n) is 9.85. The molecule has 1 aromatic heterocycles. The van der Waals surface area contributed by atoms with Crippen LogP contribution in [-0.4, -0.2) is 42.4 Å². The van der Waals surface area contributed by atoms with Gasteiger partial charge in [-0.3, -0.25) is 9.59 Å². The van der Waals surface area contributed by atoms with Crippen LogP contribution in [0.4, 0.5) is 11.5 Å². The highest BCUT2D eigenvalue weighted by Crippen LogP contribution is 2.36. The van der Waals surface area contributed by atoms with Crippen molar-refractivity contribution in [3.05, 3.63) is 30.0 Å². The summed E-state index contributed by atoms with van der Waals surface area (Å²) in [5, 5.41) is 7.39. The Kier molecular flexibility index (Phi) is 5.17. The van der Waals surface area contributed by atoms with E-state index in [0.29, 0.717) is 29.6 Å². The highest BCUT2D eigenvalue weighted by atomic mass is 16.5. The molecule has 1 aliphatic heterocycles. The van der Waals surface area contributed by atoms with E-state index in [2.05, 4.69) is 10.4 Å². The number of nitrogens with one attached hydrogen (secondary N) is 1. The molecule has 1 aromatic carbocycles. The molecule has 29 heavy (non-hydrogen) atoms. The third kappa shape index (κ3) is 3.92. The minimum absolute atomic E-state index is 0.100. The Hall–Kier alpha value is -3.03. The average Bonchev–Trinajstić information content (AvgIpc) is 3.37. The Balaban J connectivity index is 1.48. The first-order valence-corrected chi connectivity index (χ1v) is 9.85. The highest BCUT2D eigenvalue weighted by molar-refractivity contribution is 6.04. The second-order valence-electron chi connectivity index (χ2n) is 7.73. The molecule has 2 aliphatic rings. The van der Waals surface area contributed by atoms with E-state index in [1.165, 1.54) is 12.8 Å². The lowest BCUT2D eigenvalue weighted by molar-refractivity contribution is -0.122. The van der Waals surface area contributed by atoms with Crippen LogP contribution in [0.3, 0.4) is 0 Å². The number of anilines is 2. The van der Waals surface area contributed by atoms with Crippen molar-refractivity contribution in [1.29, 1.82) is 0 Å². The predicted molar refractivity (Wildman–Crippen MR) is 108 cm³/mol. The maximum atomic E-state index is 12.9. The van der Waals surface area contributed by atoms with E-state index in [1.807, 2.05) is 11.6 Å². The zero-order valence-corrected chi connectivity index (χ0v) is 17.0. The Labute approximate surface area is 169 Å². The minimum atomic E-state index is -0.432. The molecule has 2 fully saturated rings. The molecule has 8 nitrogen and oxygen atoms in total. The summed E-state index contributed by atoms with van der Waals surface area (Å²) in [5.74, 6) is 1.87. The lowest BCUT2D eigenvalue weighted by Gasteiger charge is -2.20. The fourth-order valence-electron chi connectivity index (χ4n) is 3.67. The van der Waals surface area contributed by atoms with Gasteiger partial charge in [-0.15, -0.1) is 0 Å². The van der Waals surface area contributed by atoms with Gasteiger partial charge < -0.3 is 19.7 Å². The van der Waals surface area contributed by atoms with Gasteiger partial charge in [-0.1, -0.05) is 0 Å². The molecule has 0 bridgehead atoms. The van der Waals surface area contributed by atoms with Crippen LogP contribution in [-0.2, 0) is 16.1 Å². The van der Waals surface area contributed by atoms with Crippen LogP contribution >= 0.6 is 0 Å². The molecule has 4 rings (SSSR count). The molecule has 1 saturated heterocycles. The molecule has 154 valence electrons. The zero-order valence-electron chi connectivity index (χ0n) is 17.0. The molecule has 1 unspecified atom stereocenters. The van der Waals surface area contributed by atoms with Gasteiger partial charge in [0, 0.05) is 31.1 Å². The van der Waals surface area contributed by atoms with Crippen molar-refractivity contribution in [2.75, 3.05) is 31.0 Å². The lowest BCUT2D eigenvalue weighted by atomic mass is 10.1. The molecule has 1 aliphatic carbocycles. The first-order chi connectivity index (χ1) is 14.0. The van der Waals surface area contributed by atoms with E-state index in [9.17, 15) is 9.59 Å². The number of aryl methyl sites for hydroxylation is 1. The number of carbonyl (C=O) groups is 2. The summed E-state index contributed by atoms with van der Waals surface area (Å²) in [5.41, 5.74) is 1.57. The van der Waals surface area contributed by atoms with Gasteiger partial charge in [0.25, 0.3) is 0 Å². The molecular formula is C21H26N4O4. The molecule has 2 aromatic rings. The van der Waals surface area contributed by atoms with Gasteiger partial charge in [0.2, 0.25) is 11.8 Å². The SMILES string of the molecule is COc1ccc(N2CC(C(=O)Nc3c(C)cnn3CC3CC3)CC2=O)c(OC)c1. The van der Waals surface area contributed by atoms with Crippen LogP contribution < -0.4 is 19.7 Å². The van der Waals surface area contributed by atoms with E-state index >= 15 is 0 Å². The smallest absolute Gasteiger partial charge is 0.230 e. The van der Waals surface area contributed by atoms with Gasteiger partial charge in [0.1, 0.15) is 17.3 Å². The second-order valence-corrected chi connectivity index (χ2v) is 7.73. The molecule has 0 spiro atoms. The van der Waals surface area contributed by atoms with Crippen LogP contribution in [0.25, 0.3) is 0 Å². The van der Waals surface area contributed by atoms with E-state index in [0.717, 1.165) is 17.9 Å². The zero-order chi connectivity index (χ0) is 20.5. The standard InChI is InChI=1S/C21H26N4O4/c1-13-10-22-25(11-14-4-5-14)20(13)23-21(27)15-8-19(26)24(12-15)17-7-6-16(28-2)9-18(17)29-3/h6-7,9-10,14-15H,4-5,8,11-12H2,1-3H3,(H,23,27). The topological polar surface area (TPSA) is 85.7 Å². The van der Waals surface area contributed by atoms with Crippen molar-refractivity contribution in [1.82, 2.24) is 9.78 Å². The Morgan fingerprint density at radius 1 is 1.28 bits per heavy atom. The fraction of sp³-hybridized carbons (Fsp3) is 0.476. The van der Waals surface area contributed by atoms with Crippen molar-refractivity contribution >= 4 is 23.3 Å². The number of carbonyl (C=O) groups excluding carboxylic acids is 2. The number of benzene rings is 1. The second kappa shape index (κ2) is 7.77. The molecule has 8 heteroatoms. The maximum Gasteiger partial charge on any atom is 0.230 e. The van der Waals surface area contributed by atoms with Crippen molar-refractivity contribution in [3.63, 3.8) is 0 Å². The number of hydrogen-bond donors (Lipinski definition) is 1. The third-order valence-corrected chi connectivity index (χ3v) is 5.57. The van der Waals surface area contributed by atoms with Crippen molar-refractivity contribution in [3.8, 4) is 11.5 Å². The van der Waals surface area contributed by atoms with Crippen LogP contribution in [0.2, 0.25) is 0 Å². The van der Waals surface area contributed by atoms with Gasteiger partial charge in [0.15, 0.2) is 0 Å². The van der Waals surface area contributed by atoms with Gasteiger partial charge in [0.05, 0.1) is 32.0 Å². The highest BCUT2D eigenvalue weighted by Gasteiger charge is 2.37. The van der Waals surface area contributed by atoms with Gasteiger partial charge in [-0.2, -0.15) is 5.10 Å². The summed E-state index contributed by atoms with van der Waals surface area (Å²) in [6, 6.07) is 5.29. The average molecular weight is 398 g/mol. The number of aromatic nitrogens is 2. The van der Waals surface area contributed by atoms with Crippen molar-refractivity contribution in [2.45, 2.75) is 32.7 Å². The Morgan fingerprint density at radius 3 is 2.76 bits per heavy atom. The number of methoxy groups -OCH3 is 2. The molecule has 1 saturated carbocycles. The predicted octanol–water partition coefficient (Wildman–Crippen LogP) is 2.61. The minimum Gasteiger partial charge on any atom is -0.497 e. The molecular weight excluding hydrogens is 372 g/mol. The normalized spacial score (nSPS) is 18.8. The maximum absolute atomic E-state index is 12.9. The summed E-state index contributed by atoms with van der Waals surface area (Å²) in [6.07, 6.45) is 4.35. The molecule has 1 atom stereocenters. The van der Waals surface area contributed by atoms with Crippen LogP contribution in [0.1, 0.15) is 24.8 Å². The summed E-state index contributed by atoms with van der Waals surface area (Å²) in [6.45, 7) is 3.06. The molecule has 2 heterocycles. The molecule has 2 amide bonds. The molecule has 1 N–H and O–H groups in total. The van der Waals surface area contributed by atoms with E-state index in [4.69, 9.17) is 9.47 Å². The van der Waals surface area contributed by atoms with E-state index in [1.54, 1.807) is 43.5 Å². The largest absolute Gasteiger partial charge is 0.497 e. The third-order valence-electron chi connectivity index (χ3n) is 5.57. The van der Waals surface area contributed by atoms with E-state index < -0.39 is 5.92 Å². The first kappa shape index (κ1) is 19.3. The number of nitrogens with zero attached hydrogens (tertiary/aromatic N) is 3. The monoisotopic (exact) mass is 398 g/mol. The van der Waals surface area contributed by atoms with Gasteiger partial charge >= 0.3 is 0 Å². The summed E-state index contributed by atoms with van der Waals surface area (Å²) >= 11 is 0.